The van der Waals surface area contributed by atoms with Crippen LogP contribution in [0.2, 0.25) is 0 Å². The molecule has 1 N–H and O–H groups in total. The van der Waals surface area contributed by atoms with E-state index in [1.54, 1.807) is 0 Å². The van der Waals surface area contributed by atoms with Crippen LogP contribution in [-0.4, -0.2) is 49.3 Å². The number of hydrogen-bond acceptors (Lipinski definition) is 4. The number of aliphatic hydroxyl groups excluding tert-OH is 1. The Morgan fingerprint density at radius 2 is 2.19 bits per heavy atom. The van der Waals surface area contributed by atoms with Gasteiger partial charge in [0.2, 0.25) is 0 Å². The van der Waals surface area contributed by atoms with Crippen LogP contribution in [0.25, 0.3) is 0 Å². The Kier molecular flexibility index (Phi) is 4.58. The van der Waals surface area contributed by atoms with Crippen LogP contribution in [0.1, 0.15) is 32.6 Å². The summed E-state index contributed by atoms with van der Waals surface area (Å²) in [5, 5.41) is 9.51. The minimum atomic E-state index is -0.350. The molecule has 2 aliphatic rings. The second kappa shape index (κ2) is 5.96. The third kappa shape index (κ3) is 2.94. The van der Waals surface area contributed by atoms with Gasteiger partial charge in [-0.2, -0.15) is 0 Å². The highest BCUT2D eigenvalue weighted by atomic mass is 16.6. The molecule has 1 saturated heterocycles. The highest BCUT2D eigenvalue weighted by Gasteiger charge is 2.41. The average molecular weight is 230 g/mol. The standard InChI is InChI=1S/C12H22O4/c1-2-14-12-10(13)7-11(12)16-8-9-5-3-4-6-15-9/h9-13H,2-8H2,1H3. The smallest absolute Gasteiger partial charge is 0.110 e. The summed E-state index contributed by atoms with van der Waals surface area (Å²) in [6.45, 7) is 4.06. The minimum absolute atomic E-state index is 0.0560. The van der Waals surface area contributed by atoms with Crippen LogP contribution in [0.4, 0.5) is 0 Å². The fourth-order valence-corrected chi connectivity index (χ4v) is 2.30. The predicted molar refractivity (Wildman–Crippen MR) is 59.4 cm³/mol. The molecule has 1 saturated carbocycles. The summed E-state index contributed by atoms with van der Waals surface area (Å²) in [5.74, 6) is 0. The van der Waals surface area contributed by atoms with Crippen molar-refractivity contribution in [3.8, 4) is 0 Å². The lowest BCUT2D eigenvalue weighted by molar-refractivity contribution is -0.201. The Hall–Kier alpha value is -0.160. The lowest BCUT2D eigenvalue weighted by Gasteiger charge is -2.41. The normalized spacial score (nSPS) is 39.4. The highest BCUT2D eigenvalue weighted by molar-refractivity contribution is 4.92. The number of ether oxygens (including phenoxy) is 3. The zero-order valence-corrected chi connectivity index (χ0v) is 9.93. The molecular formula is C12H22O4. The van der Waals surface area contributed by atoms with E-state index in [4.69, 9.17) is 14.2 Å². The third-order valence-corrected chi connectivity index (χ3v) is 3.35. The van der Waals surface area contributed by atoms with Crippen molar-refractivity contribution in [1.82, 2.24) is 0 Å². The lowest BCUT2D eigenvalue weighted by Crippen LogP contribution is -2.54. The molecule has 0 aromatic carbocycles. The van der Waals surface area contributed by atoms with Gasteiger partial charge in [-0.15, -0.1) is 0 Å². The van der Waals surface area contributed by atoms with E-state index >= 15 is 0 Å². The minimum Gasteiger partial charge on any atom is -0.390 e. The molecule has 16 heavy (non-hydrogen) atoms. The predicted octanol–water partition coefficient (Wildman–Crippen LogP) is 1.11. The molecule has 0 amide bonds. The molecule has 94 valence electrons. The van der Waals surface area contributed by atoms with Crippen LogP contribution in [0, 0.1) is 0 Å². The molecule has 4 atom stereocenters. The van der Waals surface area contributed by atoms with E-state index < -0.39 is 0 Å². The maximum Gasteiger partial charge on any atom is 0.110 e. The third-order valence-electron chi connectivity index (χ3n) is 3.35. The molecule has 4 heteroatoms. The van der Waals surface area contributed by atoms with Crippen LogP contribution >= 0.6 is 0 Å². The average Bonchev–Trinajstić information content (AvgIpc) is 2.32. The van der Waals surface area contributed by atoms with Crippen molar-refractivity contribution in [3.63, 3.8) is 0 Å². The van der Waals surface area contributed by atoms with Crippen LogP contribution in [0.3, 0.4) is 0 Å². The number of rotatable bonds is 5. The second-order valence-electron chi connectivity index (χ2n) is 4.58. The van der Waals surface area contributed by atoms with Crippen molar-refractivity contribution in [2.45, 2.75) is 57.0 Å². The maximum absolute atomic E-state index is 9.51. The van der Waals surface area contributed by atoms with E-state index in [0.717, 1.165) is 13.0 Å². The Morgan fingerprint density at radius 1 is 1.31 bits per heavy atom. The van der Waals surface area contributed by atoms with Crippen molar-refractivity contribution in [1.29, 1.82) is 0 Å². The first kappa shape index (κ1) is 12.3. The molecule has 0 bridgehead atoms. The van der Waals surface area contributed by atoms with Crippen LogP contribution < -0.4 is 0 Å². The van der Waals surface area contributed by atoms with Crippen molar-refractivity contribution in [2.75, 3.05) is 19.8 Å². The van der Waals surface area contributed by atoms with Crippen LogP contribution in [0.5, 0.6) is 0 Å². The summed E-state index contributed by atoms with van der Waals surface area (Å²) < 4.78 is 16.8. The fourth-order valence-electron chi connectivity index (χ4n) is 2.30. The summed E-state index contributed by atoms with van der Waals surface area (Å²) in [7, 11) is 0. The van der Waals surface area contributed by atoms with Gasteiger partial charge in [-0.1, -0.05) is 0 Å². The van der Waals surface area contributed by atoms with Gasteiger partial charge < -0.3 is 19.3 Å². The van der Waals surface area contributed by atoms with Crippen LogP contribution in [0.15, 0.2) is 0 Å². The van der Waals surface area contributed by atoms with Gasteiger partial charge in [0.1, 0.15) is 6.10 Å². The first-order valence-electron chi connectivity index (χ1n) is 6.34. The van der Waals surface area contributed by atoms with E-state index in [-0.39, 0.29) is 24.4 Å². The van der Waals surface area contributed by atoms with Crippen LogP contribution in [-0.2, 0) is 14.2 Å². The maximum atomic E-state index is 9.51. The molecule has 4 nitrogen and oxygen atoms in total. The van der Waals surface area contributed by atoms with Crippen molar-refractivity contribution in [2.24, 2.45) is 0 Å². The summed E-state index contributed by atoms with van der Waals surface area (Å²) in [6.07, 6.45) is 4.00. The Balaban J connectivity index is 1.65. The van der Waals surface area contributed by atoms with Gasteiger partial charge in [-0.3, -0.25) is 0 Å². The molecular weight excluding hydrogens is 208 g/mol. The highest BCUT2D eigenvalue weighted by Crippen LogP contribution is 2.28. The van der Waals surface area contributed by atoms with Gasteiger partial charge in [-0.25, -0.2) is 0 Å². The fraction of sp³-hybridized carbons (Fsp3) is 1.00. The summed E-state index contributed by atoms with van der Waals surface area (Å²) >= 11 is 0. The van der Waals surface area contributed by atoms with Crippen molar-refractivity contribution < 1.29 is 19.3 Å². The van der Waals surface area contributed by atoms with E-state index in [1.165, 1.54) is 12.8 Å². The SMILES string of the molecule is CCOC1C(O)CC1OCC1CCCCO1. The van der Waals surface area contributed by atoms with Crippen molar-refractivity contribution in [3.05, 3.63) is 0 Å². The first-order valence-corrected chi connectivity index (χ1v) is 6.34. The summed E-state index contributed by atoms with van der Waals surface area (Å²) in [6, 6.07) is 0. The zero-order valence-electron chi connectivity index (χ0n) is 9.93. The molecule has 1 heterocycles. The lowest BCUT2D eigenvalue weighted by atomic mass is 9.88. The van der Waals surface area contributed by atoms with E-state index in [1.807, 2.05) is 6.92 Å². The zero-order chi connectivity index (χ0) is 11.4. The molecule has 0 spiro atoms. The van der Waals surface area contributed by atoms with E-state index in [9.17, 15) is 5.11 Å². The largest absolute Gasteiger partial charge is 0.390 e. The monoisotopic (exact) mass is 230 g/mol. The van der Waals surface area contributed by atoms with Gasteiger partial charge in [-0.05, 0) is 26.2 Å². The Morgan fingerprint density at radius 3 is 2.81 bits per heavy atom. The van der Waals surface area contributed by atoms with Gasteiger partial charge in [0.15, 0.2) is 0 Å². The van der Waals surface area contributed by atoms with Gasteiger partial charge in [0.05, 0.1) is 24.9 Å². The van der Waals surface area contributed by atoms with Gasteiger partial charge in [0, 0.05) is 19.6 Å². The molecule has 1 aliphatic carbocycles. The first-order chi connectivity index (χ1) is 7.81. The van der Waals surface area contributed by atoms with Gasteiger partial charge in [0.25, 0.3) is 0 Å². The molecule has 1 aliphatic heterocycles. The topological polar surface area (TPSA) is 47.9 Å². The molecule has 0 aromatic heterocycles. The van der Waals surface area contributed by atoms with Crippen molar-refractivity contribution >= 4 is 0 Å². The van der Waals surface area contributed by atoms with E-state index in [0.29, 0.717) is 19.6 Å². The molecule has 2 rings (SSSR count). The Labute approximate surface area is 96.9 Å². The summed E-state index contributed by atoms with van der Waals surface area (Å²) in [4.78, 5) is 0. The number of hydrogen-bond donors (Lipinski definition) is 1. The molecule has 2 fully saturated rings. The Bertz CT molecular complexity index is 203. The summed E-state index contributed by atoms with van der Waals surface area (Å²) in [5.41, 5.74) is 0. The number of aliphatic hydroxyl groups is 1. The van der Waals surface area contributed by atoms with Gasteiger partial charge >= 0.3 is 0 Å². The molecule has 4 unspecified atom stereocenters. The molecule has 0 aromatic rings. The van der Waals surface area contributed by atoms with E-state index in [2.05, 4.69) is 0 Å². The quantitative estimate of drug-likeness (QED) is 0.768. The molecule has 0 radical (unpaired) electrons. The second-order valence-corrected chi connectivity index (χ2v) is 4.58.